The average molecular weight is 431 g/mol. The van der Waals surface area contributed by atoms with Crippen molar-refractivity contribution in [1.29, 1.82) is 0 Å². The van der Waals surface area contributed by atoms with E-state index in [1.807, 2.05) is 0 Å². The van der Waals surface area contributed by atoms with Gasteiger partial charge in [0.15, 0.2) is 11.6 Å². The van der Waals surface area contributed by atoms with Crippen molar-refractivity contribution >= 4 is 40.2 Å². The van der Waals surface area contributed by atoms with Crippen LogP contribution in [-0.2, 0) is 11.1 Å². The van der Waals surface area contributed by atoms with Crippen LogP contribution >= 0.6 is 11.6 Å². The average Bonchev–Trinajstić information content (AvgIpc) is 2.71. The molecule has 150 valence electrons. The highest BCUT2D eigenvalue weighted by Crippen LogP contribution is 2.32. The minimum Gasteiger partial charge on any atom is -0.772 e. The van der Waals surface area contributed by atoms with Crippen LogP contribution in [0.3, 0.4) is 0 Å². The van der Waals surface area contributed by atoms with Gasteiger partial charge in [0, 0.05) is 41.1 Å². The minimum atomic E-state index is -2.08. The maximum Gasteiger partial charge on any atom is 0.253 e. The molecule has 29 heavy (non-hydrogen) atoms. The molecule has 2 aromatic rings. The number of carbonyl (C=O) groups is 3. The van der Waals surface area contributed by atoms with Gasteiger partial charge in [0.05, 0.1) is 10.6 Å². The third-order valence-corrected chi connectivity index (χ3v) is 6.57. The lowest BCUT2D eigenvalue weighted by Crippen LogP contribution is -2.39. The van der Waals surface area contributed by atoms with Gasteiger partial charge < -0.3 is 9.45 Å². The Bertz CT molecular complexity index is 1060. The largest absolute Gasteiger partial charge is 0.772 e. The molecule has 8 heteroatoms. The quantitative estimate of drug-likeness (QED) is 0.595. The van der Waals surface area contributed by atoms with Gasteiger partial charge in [-0.15, -0.1) is 0 Å². The number of ketones is 2. The van der Waals surface area contributed by atoms with Crippen molar-refractivity contribution < 1.29 is 23.1 Å². The molecule has 1 fully saturated rings. The van der Waals surface area contributed by atoms with Crippen LogP contribution in [0, 0.1) is 5.92 Å². The number of amides is 1. The molecule has 1 heterocycles. The Labute approximate surface area is 175 Å². The Balaban J connectivity index is 1.59. The van der Waals surface area contributed by atoms with Gasteiger partial charge in [-0.2, -0.15) is 0 Å². The molecule has 6 nitrogen and oxygen atoms in total. The maximum absolute atomic E-state index is 13.0. The summed E-state index contributed by atoms with van der Waals surface area (Å²) in [5.74, 6) is -0.732. The Morgan fingerprint density at radius 2 is 1.79 bits per heavy atom. The van der Waals surface area contributed by atoms with Crippen LogP contribution in [0.2, 0.25) is 5.02 Å². The summed E-state index contributed by atoms with van der Waals surface area (Å²) in [6, 6.07) is 9.29. The normalized spacial score (nSPS) is 17.7. The molecule has 1 aliphatic carbocycles. The lowest BCUT2D eigenvalue weighted by molar-refractivity contribution is 0.0698. The standard InChI is InChI=1S/C21H18ClNO5S/c22-17-3-1-2-15-18(17)20(25)16-10-13(4-5-14(16)19(15)24)21(26)23-8-6-12(7-9-23)11-29(27)28/h1-5,10,12H,6-9,11H2,(H,27,28)/p-1. The van der Waals surface area contributed by atoms with E-state index in [9.17, 15) is 23.1 Å². The van der Waals surface area contributed by atoms with Gasteiger partial charge in [0.1, 0.15) is 0 Å². The van der Waals surface area contributed by atoms with Gasteiger partial charge in [-0.05, 0) is 43.0 Å². The van der Waals surface area contributed by atoms with E-state index in [4.69, 9.17) is 11.6 Å². The van der Waals surface area contributed by atoms with Crippen molar-refractivity contribution in [2.24, 2.45) is 5.92 Å². The molecule has 0 saturated carbocycles. The second-order valence-corrected chi connectivity index (χ2v) is 8.64. The van der Waals surface area contributed by atoms with Crippen LogP contribution in [-0.4, -0.2) is 50.0 Å². The van der Waals surface area contributed by atoms with Gasteiger partial charge in [-0.3, -0.25) is 18.6 Å². The molecule has 2 aliphatic rings. The monoisotopic (exact) mass is 430 g/mol. The SMILES string of the molecule is O=C1c2ccc(C(=O)N3CCC(CS(=O)[O-])CC3)cc2C(=O)c2c(Cl)cccc21. The molecule has 0 aromatic heterocycles. The highest BCUT2D eigenvalue weighted by molar-refractivity contribution is 7.79. The second kappa shape index (κ2) is 7.82. The number of carbonyl (C=O) groups excluding carboxylic acids is 3. The molecule has 1 amide bonds. The van der Waals surface area contributed by atoms with Crippen molar-refractivity contribution in [2.75, 3.05) is 18.8 Å². The maximum atomic E-state index is 13.0. The molecule has 0 spiro atoms. The number of nitrogens with zero attached hydrogens (tertiary/aromatic N) is 1. The molecule has 0 bridgehead atoms. The Morgan fingerprint density at radius 1 is 1.07 bits per heavy atom. The number of fused-ring (bicyclic) bond motifs is 2. The van der Waals surface area contributed by atoms with Crippen LogP contribution < -0.4 is 0 Å². The number of hydrogen-bond donors (Lipinski definition) is 0. The van der Waals surface area contributed by atoms with Gasteiger partial charge in [-0.25, -0.2) is 0 Å². The topological polar surface area (TPSA) is 94.6 Å². The van der Waals surface area contributed by atoms with Crippen molar-refractivity contribution in [3.63, 3.8) is 0 Å². The molecule has 1 atom stereocenters. The van der Waals surface area contributed by atoms with Crippen LogP contribution in [0.5, 0.6) is 0 Å². The zero-order valence-corrected chi connectivity index (χ0v) is 16.9. The summed E-state index contributed by atoms with van der Waals surface area (Å²) in [5.41, 5.74) is 1.21. The lowest BCUT2D eigenvalue weighted by atomic mass is 9.83. The summed E-state index contributed by atoms with van der Waals surface area (Å²) >= 11 is 4.07. The summed E-state index contributed by atoms with van der Waals surface area (Å²) in [4.78, 5) is 40.3. The third-order valence-electron chi connectivity index (χ3n) is 5.51. The van der Waals surface area contributed by atoms with Gasteiger partial charge in [0.25, 0.3) is 5.91 Å². The zero-order chi connectivity index (χ0) is 20.7. The van der Waals surface area contributed by atoms with Crippen LogP contribution in [0.25, 0.3) is 0 Å². The molecule has 2 aromatic carbocycles. The molecule has 0 N–H and O–H groups in total. The first kappa shape index (κ1) is 19.9. The number of likely N-dealkylation sites (tertiary alicyclic amines) is 1. The van der Waals surface area contributed by atoms with Crippen LogP contribution in [0.1, 0.15) is 55.0 Å². The number of rotatable bonds is 3. The van der Waals surface area contributed by atoms with Crippen molar-refractivity contribution in [2.45, 2.75) is 12.8 Å². The van der Waals surface area contributed by atoms with E-state index in [2.05, 4.69) is 0 Å². The fraction of sp³-hybridized carbons (Fsp3) is 0.286. The number of hydrogen-bond acceptors (Lipinski definition) is 5. The van der Waals surface area contributed by atoms with Gasteiger partial charge in [-0.1, -0.05) is 34.8 Å². The molecular weight excluding hydrogens is 414 g/mol. The predicted octanol–water partition coefficient (Wildman–Crippen LogP) is 2.85. The first-order chi connectivity index (χ1) is 13.9. The van der Waals surface area contributed by atoms with E-state index in [1.165, 1.54) is 12.1 Å². The fourth-order valence-corrected chi connectivity index (χ4v) is 4.94. The van der Waals surface area contributed by atoms with E-state index in [-0.39, 0.29) is 56.4 Å². The van der Waals surface area contributed by atoms with E-state index in [0.717, 1.165) is 0 Å². The molecule has 1 unspecified atom stereocenters. The molecule has 0 radical (unpaired) electrons. The smallest absolute Gasteiger partial charge is 0.253 e. The van der Waals surface area contributed by atoms with E-state index in [1.54, 1.807) is 29.2 Å². The Hall–Kier alpha value is -2.35. The third kappa shape index (κ3) is 3.66. The summed E-state index contributed by atoms with van der Waals surface area (Å²) in [6.07, 6.45) is 1.23. The number of benzene rings is 2. The second-order valence-electron chi connectivity index (χ2n) is 7.29. The summed E-state index contributed by atoms with van der Waals surface area (Å²) in [6.45, 7) is 0.915. The number of piperidine rings is 1. The zero-order valence-electron chi connectivity index (χ0n) is 15.4. The fourth-order valence-electron chi connectivity index (χ4n) is 3.96. The van der Waals surface area contributed by atoms with Crippen molar-refractivity contribution in [3.8, 4) is 0 Å². The summed E-state index contributed by atoms with van der Waals surface area (Å²) in [5, 5.41) is 0.209. The summed E-state index contributed by atoms with van der Waals surface area (Å²) in [7, 11) is 0. The van der Waals surface area contributed by atoms with Crippen molar-refractivity contribution in [1.82, 2.24) is 4.90 Å². The van der Waals surface area contributed by atoms with Crippen LogP contribution in [0.4, 0.5) is 0 Å². The molecular formula is C21H17ClNO5S-. The molecule has 4 rings (SSSR count). The highest BCUT2D eigenvalue weighted by Gasteiger charge is 2.32. The Morgan fingerprint density at radius 3 is 2.48 bits per heavy atom. The highest BCUT2D eigenvalue weighted by atomic mass is 35.5. The van der Waals surface area contributed by atoms with E-state index in [0.29, 0.717) is 31.5 Å². The van der Waals surface area contributed by atoms with Crippen LogP contribution in [0.15, 0.2) is 36.4 Å². The predicted molar refractivity (Wildman–Crippen MR) is 107 cm³/mol. The first-order valence-electron chi connectivity index (χ1n) is 9.24. The minimum absolute atomic E-state index is 0.0544. The number of halogens is 1. The summed E-state index contributed by atoms with van der Waals surface area (Å²) < 4.78 is 21.7. The molecule has 1 saturated heterocycles. The molecule has 1 aliphatic heterocycles. The van der Waals surface area contributed by atoms with E-state index < -0.39 is 11.1 Å². The first-order valence-corrected chi connectivity index (χ1v) is 10.9. The lowest BCUT2D eigenvalue weighted by Gasteiger charge is -2.32. The van der Waals surface area contributed by atoms with Crippen molar-refractivity contribution in [3.05, 3.63) is 69.2 Å². The van der Waals surface area contributed by atoms with Gasteiger partial charge in [0.2, 0.25) is 0 Å². The van der Waals surface area contributed by atoms with E-state index >= 15 is 0 Å². The Kier molecular flexibility index (Phi) is 5.38. The van der Waals surface area contributed by atoms with Gasteiger partial charge >= 0.3 is 0 Å².